The molecule has 22 heavy (non-hydrogen) atoms. The molecule has 0 unspecified atom stereocenters. The van der Waals surface area contributed by atoms with Crippen molar-refractivity contribution in [2.24, 2.45) is 0 Å². The summed E-state index contributed by atoms with van der Waals surface area (Å²) in [5.41, 5.74) is 3.72. The van der Waals surface area contributed by atoms with Gasteiger partial charge >= 0.3 is 0 Å². The van der Waals surface area contributed by atoms with Gasteiger partial charge in [-0.25, -0.2) is 0 Å². The van der Waals surface area contributed by atoms with E-state index in [-0.39, 0.29) is 5.91 Å². The van der Waals surface area contributed by atoms with Gasteiger partial charge < -0.3 is 10.2 Å². The molecule has 2 aromatic rings. The standard InChI is InChI=1S/C18H23N3O/c1-4-14-7-9-16(10-8-14)20-17-11-15(12-19-13-17)18(22)21(5-2)6-3/h7-13,20H,4-6H2,1-3H3. The summed E-state index contributed by atoms with van der Waals surface area (Å²) in [6.07, 6.45) is 4.37. The van der Waals surface area contributed by atoms with E-state index < -0.39 is 0 Å². The number of hydrogen-bond donors (Lipinski definition) is 1. The third-order valence-corrected chi connectivity index (χ3v) is 3.69. The van der Waals surface area contributed by atoms with E-state index in [1.807, 2.05) is 32.0 Å². The van der Waals surface area contributed by atoms with E-state index in [2.05, 4.69) is 29.4 Å². The van der Waals surface area contributed by atoms with Crippen molar-refractivity contribution in [3.63, 3.8) is 0 Å². The van der Waals surface area contributed by atoms with Crippen LogP contribution in [-0.4, -0.2) is 28.9 Å². The molecule has 0 atom stereocenters. The molecule has 1 heterocycles. The van der Waals surface area contributed by atoms with Crippen LogP contribution in [0.15, 0.2) is 42.7 Å². The van der Waals surface area contributed by atoms with E-state index in [4.69, 9.17) is 0 Å². The molecule has 1 aromatic heterocycles. The second-order valence-electron chi connectivity index (χ2n) is 5.12. The van der Waals surface area contributed by atoms with Crippen molar-refractivity contribution in [1.82, 2.24) is 9.88 Å². The molecule has 1 aromatic carbocycles. The van der Waals surface area contributed by atoms with Crippen molar-refractivity contribution in [2.45, 2.75) is 27.2 Å². The maximum absolute atomic E-state index is 12.4. The first-order valence-corrected chi connectivity index (χ1v) is 7.78. The Hall–Kier alpha value is -2.36. The summed E-state index contributed by atoms with van der Waals surface area (Å²) in [5.74, 6) is 0.0162. The Bertz CT molecular complexity index is 618. The zero-order chi connectivity index (χ0) is 15.9. The van der Waals surface area contributed by atoms with Gasteiger partial charge in [0.25, 0.3) is 5.91 Å². The molecule has 0 saturated heterocycles. The summed E-state index contributed by atoms with van der Waals surface area (Å²) in [6, 6.07) is 10.1. The van der Waals surface area contributed by atoms with Gasteiger partial charge in [-0.05, 0) is 44.0 Å². The first-order chi connectivity index (χ1) is 10.7. The molecule has 4 heteroatoms. The normalized spacial score (nSPS) is 10.3. The van der Waals surface area contributed by atoms with E-state index in [9.17, 15) is 4.79 Å². The summed E-state index contributed by atoms with van der Waals surface area (Å²) in [5, 5.41) is 3.29. The monoisotopic (exact) mass is 297 g/mol. The molecule has 2 rings (SSSR count). The summed E-state index contributed by atoms with van der Waals surface area (Å²) in [4.78, 5) is 18.3. The highest BCUT2D eigenvalue weighted by Crippen LogP contribution is 2.18. The summed E-state index contributed by atoms with van der Waals surface area (Å²) >= 11 is 0. The van der Waals surface area contributed by atoms with E-state index >= 15 is 0 Å². The fraction of sp³-hybridized carbons (Fsp3) is 0.333. The fourth-order valence-corrected chi connectivity index (χ4v) is 2.31. The molecule has 4 nitrogen and oxygen atoms in total. The van der Waals surface area contributed by atoms with Crippen LogP contribution in [0.3, 0.4) is 0 Å². The van der Waals surface area contributed by atoms with E-state index in [0.717, 1.165) is 17.8 Å². The zero-order valence-corrected chi connectivity index (χ0v) is 13.5. The molecule has 116 valence electrons. The number of carbonyl (C=O) groups is 1. The number of aryl methyl sites for hydroxylation is 1. The van der Waals surface area contributed by atoms with Crippen LogP contribution >= 0.6 is 0 Å². The molecule has 1 amide bonds. The van der Waals surface area contributed by atoms with Gasteiger partial charge in [0.2, 0.25) is 0 Å². The number of nitrogens with one attached hydrogen (secondary N) is 1. The Morgan fingerprint density at radius 3 is 2.32 bits per heavy atom. The van der Waals surface area contributed by atoms with Gasteiger partial charge in [-0.1, -0.05) is 19.1 Å². The van der Waals surface area contributed by atoms with Crippen molar-refractivity contribution in [3.05, 3.63) is 53.9 Å². The largest absolute Gasteiger partial charge is 0.354 e. The minimum atomic E-state index is 0.0162. The van der Waals surface area contributed by atoms with E-state index in [1.54, 1.807) is 17.3 Å². The van der Waals surface area contributed by atoms with Gasteiger partial charge in [-0.15, -0.1) is 0 Å². The highest BCUT2D eigenvalue weighted by atomic mass is 16.2. The number of amides is 1. The lowest BCUT2D eigenvalue weighted by atomic mass is 10.1. The van der Waals surface area contributed by atoms with Crippen LogP contribution in [0.5, 0.6) is 0 Å². The number of rotatable bonds is 6. The molecule has 0 aliphatic carbocycles. The number of aromatic nitrogens is 1. The predicted molar refractivity (Wildman–Crippen MR) is 90.6 cm³/mol. The lowest BCUT2D eigenvalue weighted by molar-refractivity contribution is 0.0772. The lowest BCUT2D eigenvalue weighted by Crippen LogP contribution is -2.30. The van der Waals surface area contributed by atoms with Crippen LogP contribution in [0, 0.1) is 0 Å². The molecule has 0 spiro atoms. The van der Waals surface area contributed by atoms with Crippen LogP contribution < -0.4 is 5.32 Å². The van der Waals surface area contributed by atoms with Crippen molar-refractivity contribution < 1.29 is 4.79 Å². The van der Waals surface area contributed by atoms with Gasteiger partial charge in [0.05, 0.1) is 17.4 Å². The summed E-state index contributed by atoms with van der Waals surface area (Å²) in [6.45, 7) is 7.49. The second-order valence-corrected chi connectivity index (χ2v) is 5.12. The maximum Gasteiger partial charge on any atom is 0.255 e. The Balaban J connectivity index is 2.15. The smallest absolute Gasteiger partial charge is 0.255 e. The van der Waals surface area contributed by atoms with E-state index in [0.29, 0.717) is 18.7 Å². The minimum Gasteiger partial charge on any atom is -0.354 e. The Kier molecular flexibility index (Phi) is 5.53. The quantitative estimate of drug-likeness (QED) is 0.880. The number of anilines is 2. The van der Waals surface area contributed by atoms with Crippen molar-refractivity contribution >= 4 is 17.3 Å². The number of benzene rings is 1. The average molecular weight is 297 g/mol. The second kappa shape index (κ2) is 7.59. The van der Waals surface area contributed by atoms with Gasteiger partial charge in [-0.2, -0.15) is 0 Å². The number of pyridine rings is 1. The van der Waals surface area contributed by atoms with Gasteiger partial charge in [0.1, 0.15) is 0 Å². The average Bonchev–Trinajstić information content (AvgIpc) is 2.57. The Morgan fingerprint density at radius 2 is 1.73 bits per heavy atom. The van der Waals surface area contributed by atoms with Crippen LogP contribution in [0.25, 0.3) is 0 Å². The summed E-state index contributed by atoms with van der Waals surface area (Å²) < 4.78 is 0. The Labute approximate surface area is 132 Å². The fourth-order valence-electron chi connectivity index (χ4n) is 2.31. The van der Waals surface area contributed by atoms with Crippen molar-refractivity contribution in [3.8, 4) is 0 Å². The topological polar surface area (TPSA) is 45.2 Å². The molecule has 1 N–H and O–H groups in total. The lowest BCUT2D eigenvalue weighted by Gasteiger charge is -2.18. The highest BCUT2D eigenvalue weighted by Gasteiger charge is 2.13. The predicted octanol–water partition coefficient (Wildman–Crippen LogP) is 3.87. The van der Waals surface area contributed by atoms with Crippen LogP contribution in [0.2, 0.25) is 0 Å². The third-order valence-electron chi connectivity index (χ3n) is 3.69. The summed E-state index contributed by atoms with van der Waals surface area (Å²) in [7, 11) is 0. The number of hydrogen-bond acceptors (Lipinski definition) is 3. The molecular formula is C18H23N3O. The Morgan fingerprint density at radius 1 is 1.05 bits per heavy atom. The molecule has 0 bridgehead atoms. The SMILES string of the molecule is CCc1ccc(Nc2cncc(C(=O)N(CC)CC)c2)cc1. The molecule has 0 saturated carbocycles. The van der Waals surface area contributed by atoms with E-state index in [1.165, 1.54) is 5.56 Å². The maximum atomic E-state index is 12.4. The van der Waals surface area contributed by atoms with Gasteiger partial charge in [0, 0.05) is 25.0 Å². The molecular weight excluding hydrogens is 274 g/mol. The van der Waals surface area contributed by atoms with Crippen LogP contribution in [-0.2, 0) is 6.42 Å². The highest BCUT2D eigenvalue weighted by molar-refractivity contribution is 5.94. The molecule has 0 radical (unpaired) electrons. The molecule has 0 aliphatic rings. The number of carbonyl (C=O) groups excluding carboxylic acids is 1. The van der Waals surface area contributed by atoms with Crippen LogP contribution in [0.4, 0.5) is 11.4 Å². The number of nitrogens with zero attached hydrogens (tertiary/aromatic N) is 2. The third kappa shape index (κ3) is 3.85. The first-order valence-electron chi connectivity index (χ1n) is 7.78. The molecule has 0 aliphatic heterocycles. The first kappa shape index (κ1) is 16.0. The van der Waals surface area contributed by atoms with Gasteiger partial charge in [0.15, 0.2) is 0 Å². The molecule has 0 fully saturated rings. The zero-order valence-electron chi connectivity index (χ0n) is 13.5. The van der Waals surface area contributed by atoms with Crippen molar-refractivity contribution in [2.75, 3.05) is 18.4 Å². The van der Waals surface area contributed by atoms with Crippen molar-refractivity contribution in [1.29, 1.82) is 0 Å². The van der Waals surface area contributed by atoms with Gasteiger partial charge in [-0.3, -0.25) is 9.78 Å². The minimum absolute atomic E-state index is 0.0162. The van der Waals surface area contributed by atoms with Crippen LogP contribution in [0.1, 0.15) is 36.7 Å².